The number of aliphatic hydroxyl groups is 1. The SMILES string of the molecule is C=CCN(C)C(=O)[C@@H]1[C@@H]2CCC3(S2)C(C(=O)N(CC=C)c2ccc4ccccc4c2)N([C@@H](CO)C(C)C)C(=O)[C@H]13. The lowest BCUT2D eigenvalue weighted by atomic mass is 9.70. The molecule has 3 saturated heterocycles. The average molecular weight is 562 g/mol. The fraction of sp³-hybridized carbons (Fsp3) is 0.469. The molecule has 2 aromatic carbocycles. The molecule has 6 atom stereocenters. The smallest absolute Gasteiger partial charge is 0.251 e. The third kappa shape index (κ3) is 4.36. The molecule has 8 heteroatoms. The van der Waals surface area contributed by atoms with Crippen LogP contribution in [-0.2, 0) is 14.4 Å². The van der Waals surface area contributed by atoms with Crippen LogP contribution in [0.15, 0.2) is 67.8 Å². The van der Waals surface area contributed by atoms with Crippen molar-refractivity contribution in [2.75, 3.05) is 31.6 Å². The van der Waals surface area contributed by atoms with Gasteiger partial charge >= 0.3 is 0 Å². The largest absolute Gasteiger partial charge is 0.394 e. The van der Waals surface area contributed by atoms with Gasteiger partial charge in [0.15, 0.2) is 0 Å². The second kappa shape index (κ2) is 11.1. The molecule has 5 rings (SSSR count). The van der Waals surface area contributed by atoms with E-state index in [-0.39, 0.29) is 42.0 Å². The molecule has 1 N–H and O–H groups in total. The zero-order valence-corrected chi connectivity index (χ0v) is 24.3. The lowest BCUT2D eigenvalue weighted by Crippen LogP contribution is -2.58. The summed E-state index contributed by atoms with van der Waals surface area (Å²) in [7, 11) is 1.74. The van der Waals surface area contributed by atoms with Crippen molar-refractivity contribution >= 4 is 45.9 Å². The Balaban J connectivity index is 1.61. The van der Waals surface area contributed by atoms with E-state index in [9.17, 15) is 19.5 Å². The zero-order valence-electron chi connectivity index (χ0n) is 23.5. The molecule has 3 amide bonds. The maximum Gasteiger partial charge on any atom is 0.251 e. The highest BCUT2D eigenvalue weighted by Crippen LogP contribution is 2.67. The first kappa shape index (κ1) is 28.4. The van der Waals surface area contributed by atoms with Gasteiger partial charge in [-0.3, -0.25) is 14.4 Å². The highest BCUT2D eigenvalue weighted by molar-refractivity contribution is 8.02. The van der Waals surface area contributed by atoms with Crippen molar-refractivity contribution in [1.82, 2.24) is 9.80 Å². The molecule has 3 heterocycles. The number of rotatable bonds is 10. The van der Waals surface area contributed by atoms with Crippen LogP contribution in [0.5, 0.6) is 0 Å². The molecule has 2 aromatic rings. The number of fused-ring (bicyclic) bond motifs is 2. The number of aliphatic hydroxyl groups excluding tert-OH is 1. The van der Waals surface area contributed by atoms with Gasteiger partial charge in [0.1, 0.15) is 6.04 Å². The molecule has 212 valence electrons. The number of likely N-dealkylation sites (N-methyl/N-ethyl adjacent to an activating group) is 1. The van der Waals surface area contributed by atoms with Crippen LogP contribution < -0.4 is 4.90 Å². The quantitative estimate of drug-likeness (QED) is 0.442. The Kier molecular flexibility index (Phi) is 7.86. The van der Waals surface area contributed by atoms with Gasteiger partial charge in [0, 0.05) is 31.1 Å². The standard InChI is InChI=1S/C32H39N3O4S/c1-6-16-33(5)29(37)26-25-14-15-32(40-25)27(26)30(38)35(24(19-36)20(3)4)28(32)31(39)34(17-7-2)23-13-12-21-10-8-9-11-22(21)18-23/h6-13,18,20,24-28,36H,1-2,14-17,19H2,3-5H3/t24-,25-,26+,27-,28?,32?/m0/s1. The van der Waals surface area contributed by atoms with Gasteiger partial charge in [-0.15, -0.1) is 24.9 Å². The van der Waals surface area contributed by atoms with Gasteiger partial charge in [0.2, 0.25) is 11.8 Å². The number of anilines is 1. The van der Waals surface area contributed by atoms with Gasteiger partial charge in [0.25, 0.3) is 5.91 Å². The minimum Gasteiger partial charge on any atom is -0.394 e. The number of nitrogens with zero attached hydrogens (tertiary/aromatic N) is 3. The van der Waals surface area contributed by atoms with Crippen molar-refractivity contribution in [3.05, 3.63) is 67.8 Å². The van der Waals surface area contributed by atoms with E-state index in [1.165, 1.54) is 0 Å². The molecule has 0 aromatic heterocycles. The van der Waals surface area contributed by atoms with Gasteiger partial charge in [-0.2, -0.15) is 0 Å². The van der Waals surface area contributed by atoms with Crippen LogP contribution in [-0.4, -0.2) is 81.5 Å². The van der Waals surface area contributed by atoms with E-state index in [1.54, 1.807) is 45.7 Å². The molecule has 0 aliphatic carbocycles. The summed E-state index contributed by atoms with van der Waals surface area (Å²) < 4.78 is -0.729. The van der Waals surface area contributed by atoms with E-state index in [2.05, 4.69) is 13.2 Å². The molecule has 7 nitrogen and oxygen atoms in total. The number of carbonyl (C=O) groups excluding carboxylic acids is 3. The molecular formula is C32H39N3O4S. The van der Waals surface area contributed by atoms with Crippen molar-refractivity contribution < 1.29 is 19.5 Å². The minimum atomic E-state index is -0.798. The van der Waals surface area contributed by atoms with Crippen molar-refractivity contribution in [2.24, 2.45) is 17.8 Å². The Hall–Kier alpha value is -3.10. The Morgan fingerprint density at radius 1 is 1.12 bits per heavy atom. The van der Waals surface area contributed by atoms with Gasteiger partial charge in [-0.1, -0.05) is 56.3 Å². The third-order valence-electron chi connectivity index (χ3n) is 8.97. The molecule has 2 unspecified atom stereocenters. The minimum absolute atomic E-state index is 0.0219. The summed E-state index contributed by atoms with van der Waals surface area (Å²) in [4.78, 5) is 47.9. The van der Waals surface area contributed by atoms with Crippen molar-refractivity contribution in [3.8, 4) is 0 Å². The van der Waals surface area contributed by atoms with Crippen LogP contribution >= 0.6 is 11.8 Å². The molecule has 40 heavy (non-hydrogen) atoms. The van der Waals surface area contributed by atoms with Crippen LogP contribution in [0.2, 0.25) is 0 Å². The van der Waals surface area contributed by atoms with Crippen LogP contribution in [0.3, 0.4) is 0 Å². The first-order valence-electron chi connectivity index (χ1n) is 14.1. The van der Waals surface area contributed by atoms with E-state index in [0.717, 1.165) is 22.9 Å². The normalized spacial score (nSPS) is 27.6. The summed E-state index contributed by atoms with van der Waals surface area (Å²) in [6.07, 6.45) is 4.83. The molecule has 0 radical (unpaired) electrons. The predicted molar refractivity (Wildman–Crippen MR) is 161 cm³/mol. The van der Waals surface area contributed by atoms with E-state index in [1.807, 2.05) is 56.3 Å². The summed E-state index contributed by atoms with van der Waals surface area (Å²) in [5, 5.41) is 12.6. The topological polar surface area (TPSA) is 81.2 Å². The second-order valence-corrected chi connectivity index (χ2v) is 13.2. The summed E-state index contributed by atoms with van der Waals surface area (Å²) in [5.74, 6) is -1.65. The number of hydrogen-bond acceptors (Lipinski definition) is 5. The van der Waals surface area contributed by atoms with E-state index in [4.69, 9.17) is 0 Å². The maximum absolute atomic E-state index is 14.8. The maximum atomic E-state index is 14.8. The average Bonchev–Trinajstić information content (AvgIpc) is 3.59. The van der Waals surface area contributed by atoms with Gasteiger partial charge in [-0.05, 0) is 41.7 Å². The fourth-order valence-electron chi connectivity index (χ4n) is 7.11. The number of benzene rings is 2. The van der Waals surface area contributed by atoms with Crippen LogP contribution in [0.4, 0.5) is 5.69 Å². The molecule has 2 bridgehead atoms. The molecule has 1 spiro atoms. The van der Waals surface area contributed by atoms with Gasteiger partial charge in [-0.25, -0.2) is 0 Å². The summed E-state index contributed by atoms with van der Waals surface area (Å²) in [6.45, 7) is 12.0. The molecule has 3 fully saturated rings. The fourth-order valence-corrected chi connectivity index (χ4v) is 9.30. The van der Waals surface area contributed by atoms with Gasteiger partial charge < -0.3 is 19.8 Å². The predicted octanol–water partition coefficient (Wildman–Crippen LogP) is 4.11. The highest BCUT2D eigenvalue weighted by atomic mass is 32.2. The Morgan fingerprint density at radius 3 is 2.48 bits per heavy atom. The summed E-state index contributed by atoms with van der Waals surface area (Å²) in [5.41, 5.74) is 0.733. The number of likely N-dealkylation sites (tertiary alicyclic amines) is 1. The van der Waals surface area contributed by atoms with E-state index in [0.29, 0.717) is 13.0 Å². The van der Waals surface area contributed by atoms with Crippen molar-refractivity contribution in [1.29, 1.82) is 0 Å². The third-order valence-corrected chi connectivity index (χ3v) is 10.9. The van der Waals surface area contributed by atoms with Crippen LogP contribution in [0.25, 0.3) is 10.8 Å². The Labute approximate surface area is 240 Å². The summed E-state index contributed by atoms with van der Waals surface area (Å²) in [6, 6.07) is 12.6. The molecular weight excluding hydrogens is 522 g/mol. The van der Waals surface area contributed by atoms with Gasteiger partial charge in [0.05, 0.1) is 29.2 Å². The molecule has 3 aliphatic rings. The van der Waals surface area contributed by atoms with Crippen molar-refractivity contribution in [3.63, 3.8) is 0 Å². The number of carbonyl (C=O) groups is 3. The van der Waals surface area contributed by atoms with E-state index < -0.39 is 28.7 Å². The molecule has 0 saturated carbocycles. The van der Waals surface area contributed by atoms with E-state index >= 15 is 0 Å². The summed E-state index contributed by atoms with van der Waals surface area (Å²) >= 11 is 1.65. The zero-order chi connectivity index (χ0) is 28.8. The lowest BCUT2D eigenvalue weighted by molar-refractivity contribution is -0.145. The monoisotopic (exact) mass is 561 g/mol. The van der Waals surface area contributed by atoms with Crippen molar-refractivity contribution in [2.45, 2.75) is 48.8 Å². The number of amides is 3. The first-order chi connectivity index (χ1) is 19.2. The van der Waals surface area contributed by atoms with Crippen LogP contribution in [0, 0.1) is 17.8 Å². The first-order valence-corrected chi connectivity index (χ1v) is 15.0. The molecule has 3 aliphatic heterocycles. The highest BCUT2D eigenvalue weighted by Gasteiger charge is 2.74. The number of thioether (sulfide) groups is 1. The second-order valence-electron chi connectivity index (χ2n) is 11.6. The van der Waals surface area contributed by atoms with Crippen LogP contribution in [0.1, 0.15) is 26.7 Å². The lowest BCUT2D eigenvalue weighted by Gasteiger charge is -2.40. The Bertz CT molecular complexity index is 1340. The Morgan fingerprint density at radius 2 is 1.82 bits per heavy atom. The number of hydrogen-bond donors (Lipinski definition) is 1.